The van der Waals surface area contributed by atoms with E-state index in [1.54, 1.807) is 32.0 Å². The summed E-state index contributed by atoms with van der Waals surface area (Å²) in [5, 5.41) is 4.14. The standard InChI is InChI=1S/C11H10BrClN2O3S/c1-6-11(7(2)18-14-6)19(16,17)15-10-4-3-8(13)5-9(10)12/h3-5,15H,1-2H3. The molecule has 0 unspecified atom stereocenters. The van der Waals surface area contributed by atoms with Crippen molar-refractivity contribution < 1.29 is 12.9 Å². The third kappa shape index (κ3) is 2.93. The number of sulfonamides is 1. The fourth-order valence-electron chi connectivity index (χ4n) is 1.63. The van der Waals surface area contributed by atoms with E-state index >= 15 is 0 Å². The Balaban J connectivity index is 2.42. The third-order valence-electron chi connectivity index (χ3n) is 2.41. The van der Waals surface area contributed by atoms with Gasteiger partial charge in [0.05, 0.1) is 5.69 Å². The van der Waals surface area contributed by atoms with Crippen molar-refractivity contribution in [2.45, 2.75) is 18.7 Å². The first kappa shape index (κ1) is 14.4. The number of halogens is 2. The van der Waals surface area contributed by atoms with Gasteiger partial charge in [-0.1, -0.05) is 16.8 Å². The minimum Gasteiger partial charge on any atom is -0.360 e. The summed E-state index contributed by atoms with van der Waals surface area (Å²) in [7, 11) is -3.75. The van der Waals surface area contributed by atoms with Gasteiger partial charge >= 0.3 is 0 Å². The van der Waals surface area contributed by atoms with E-state index in [2.05, 4.69) is 25.8 Å². The molecule has 1 N–H and O–H groups in total. The van der Waals surface area contributed by atoms with Crippen molar-refractivity contribution in [1.82, 2.24) is 5.16 Å². The molecular weight excluding hydrogens is 356 g/mol. The van der Waals surface area contributed by atoms with Crippen LogP contribution < -0.4 is 4.72 Å². The Labute approximate surface area is 124 Å². The SMILES string of the molecule is Cc1noc(C)c1S(=O)(=O)Nc1ccc(Cl)cc1Br. The molecule has 102 valence electrons. The van der Waals surface area contributed by atoms with Crippen LogP contribution in [0.2, 0.25) is 5.02 Å². The van der Waals surface area contributed by atoms with Crippen molar-refractivity contribution in [3.63, 3.8) is 0 Å². The predicted octanol–water partition coefficient (Wildman–Crippen LogP) is 3.51. The first-order chi connectivity index (χ1) is 8.81. The van der Waals surface area contributed by atoms with Crippen LogP contribution in [0.3, 0.4) is 0 Å². The Morgan fingerprint density at radius 2 is 2.05 bits per heavy atom. The van der Waals surface area contributed by atoms with Gasteiger partial charge in [-0.15, -0.1) is 0 Å². The zero-order valence-electron chi connectivity index (χ0n) is 10.1. The van der Waals surface area contributed by atoms with E-state index in [4.69, 9.17) is 16.1 Å². The van der Waals surface area contributed by atoms with Crippen LogP contribution in [0.4, 0.5) is 5.69 Å². The summed E-state index contributed by atoms with van der Waals surface area (Å²) >= 11 is 9.06. The average molecular weight is 366 g/mol. The molecule has 19 heavy (non-hydrogen) atoms. The minimum absolute atomic E-state index is 0.0503. The number of rotatable bonds is 3. The summed E-state index contributed by atoms with van der Waals surface area (Å²) in [6.45, 7) is 3.12. The number of anilines is 1. The summed E-state index contributed by atoms with van der Waals surface area (Å²) in [4.78, 5) is 0.0503. The fraction of sp³-hybridized carbons (Fsp3) is 0.182. The van der Waals surface area contributed by atoms with Crippen molar-refractivity contribution >= 4 is 43.2 Å². The highest BCUT2D eigenvalue weighted by atomic mass is 79.9. The Morgan fingerprint density at radius 3 is 2.58 bits per heavy atom. The van der Waals surface area contributed by atoms with Crippen molar-refractivity contribution in [3.8, 4) is 0 Å². The van der Waals surface area contributed by atoms with Gasteiger partial charge < -0.3 is 4.52 Å². The molecule has 0 amide bonds. The highest BCUT2D eigenvalue weighted by Gasteiger charge is 2.24. The van der Waals surface area contributed by atoms with Gasteiger partial charge in [0.15, 0.2) is 10.7 Å². The van der Waals surface area contributed by atoms with Crippen LogP contribution >= 0.6 is 27.5 Å². The summed E-state index contributed by atoms with van der Waals surface area (Å²) < 4.78 is 32.4. The fourth-order valence-corrected chi connectivity index (χ4v) is 3.95. The van der Waals surface area contributed by atoms with E-state index in [1.165, 1.54) is 0 Å². The molecule has 0 saturated carbocycles. The molecule has 8 heteroatoms. The Kier molecular flexibility index (Phi) is 3.89. The second-order valence-electron chi connectivity index (χ2n) is 3.88. The zero-order chi connectivity index (χ0) is 14.2. The molecule has 0 atom stereocenters. The summed E-state index contributed by atoms with van der Waals surface area (Å²) in [6, 6.07) is 4.77. The summed E-state index contributed by atoms with van der Waals surface area (Å²) in [6.07, 6.45) is 0. The zero-order valence-corrected chi connectivity index (χ0v) is 13.2. The number of benzene rings is 1. The van der Waals surface area contributed by atoms with E-state index in [1.807, 2.05) is 0 Å². The van der Waals surface area contributed by atoms with Crippen LogP contribution in [0.5, 0.6) is 0 Å². The first-order valence-electron chi connectivity index (χ1n) is 5.22. The predicted molar refractivity (Wildman–Crippen MR) is 75.9 cm³/mol. The topological polar surface area (TPSA) is 72.2 Å². The maximum absolute atomic E-state index is 12.3. The van der Waals surface area contributed by atoms with E-state index in [9.17, 15) is 8.42 Å². The molecule has 0 bridgehead atoms. The minimum atomic E-state index is -3.75. The molecule has 0 spiro atoms. The van der Waals surface area contributed by atoms with Crippen molar-refractivity contribution in [2.24, 2.45) is 0 Å². The van der Waals surface area contributed by atoms with Crippen LogP contribution in [0.1, 0.15) is 11.5 Å². The molecular formula is C11H10BrClN2O3S. The van der Waals surface area contributed by atoms with Gasteiger partial charge in [0, 0.05) is 9.50 Å². The molecule has 0 aliphatic heterocycles. The Bertz CT molecular complexity index is 708. The largest absolute Gasteiger partial charge is 0.360 e. The molecule has 1 aromatic heterocycles. The molecule has 5 nitrogen and oxygen atoms in total. The second kappa shape index (κ2) is 5.15. The van der Waals surface area contributed by atoms with Gasteiger partial charge in [0.2, 0.25) is 0 Å². The van der Waals surface area contributed by atoms with E-state index in [-0.39, 0.29) is 10.7 Å². The van der Waals surface area contributed by atoms with Gasteiger partial charge in [-0.3, -0.25) is 4.72 Å². The van der Waals surface area contributed by atoms with Crippen molar-refractivity contribution in [2.75, 3.05) is 4.72 Å². The van der Waals surface area contributed by atoms with Crippen molar-refractivity contribution in [3.05, 3.63) is 39.1 Å². The molecule has 0 saturated heterocycles. The quantitative estimate of drug-likeness (QED) is 0.903. The maximum atomic E-state index is 12.3. The van der Waals surface area contributed by atoms with Gasteiger partial charge in [0.25, 0.3) is 10.0 Å². The number of nitrogens with one attached hydrogen (secondary N) is 1. The van der Waals surface area contributed by atoms with Gasteiger partial charge in [-0.2, -0.15) is 0 Å². The molecule has 0 radical (unpaired) electrons. The van der Waals surface area contributed by atoms with Crippen LogP contribution in [-0.2, 0) is 10.0 Å². The van der Waals surface area contributed by atoms with Crippen LogP contribution in [0.15, 0.2) is 32.1 Å². The van der Waals surface area contributed by atoms with E-state index in [0.717, 1.165) is 0 Å². The van der Waals surface area contributed by atoms with E-state index < -0.39 is 10.0 Å². The van der Waals surface area contributed by atoms with Crippen LogP contribution in [0, 0.1) is 13.8 Å². The lowest BCUT2D eigenvalue weighted by molar-refractivity contribution is 0.390. The highest BCUT2D eigenvalue weighted by molar-refractivity contribution is 9.10. The van der Waals surface area contributed by atoms with Crippen molar-refractivity contribution in [1.29, 1.82) is 0 Å². The molecule has 1 heterocycles. The summed E-state index contributed by atoms with van der Waals surface area (Å²) in [5.41, 5.74) is 0.708. The monoisotopic (exact) mass is 364 g/mol. The second-order valence-corrected chi connectivity index (χ2v) is 6.79. The van der Waals surface area contributed by atoms with Crippen LogP contribution in [0.25, 0.3) is 0 Å². The lowest BCUT2D eigenvalue weighted by Crippen LogP contribution is -2.14. The van der Waals surface area contributed by atoms with E-state index in [0.29, 0.717) is 20.9 Å². The molecule has 1 aromatic carbocycles. The Hall–Kier alpha value is -1.05. The normalized spacial score (nSPS) is 11.6. The third-order valence-corrected chi connectivity index (χ3v) is 4.91. The van der Waals surface area contributed by atoms with Gasteiger partial charge in [-0.05, 0) is 48.0 Å². The Morgan fingerprint density at radius 1 is 1.37 bits per heavy atom. The number of nitrogens with zero attached hydrogens (tertiary/aromatic N) is 1. The van der Waals surface area contributed by atoms with Crippen LogP contribution in [-0.4, -0.2) is 13.6 Å². The molecule has 2 aromatic rings. The highest BCUT2D eigenvalue weighted by Crippen LogP contribution is 2.29. The average Bonchev–Trinajstić information content (AvgIpc) is 2.63. The number of hydrogen-bond acceptors (Lipinski definition) is 4. The first-order valence-corrected chi connectivity index (χ1v) is 7.87. The maximum Gasteiger partial charge on any atom is 0.267 e. The smallest absolute Gasteiger partial charge is 0.267 e. The molecule has 2 rings (SSSR count). The number of aromatic nitrogens is 1. The molecule has 0 aliphatic rings. The number of aryl methyl sites for hydroxylation is 2. The summed E-state index contributed by atoms with van der Waals surface area (Å²) in [5.74, 6) is 0.245. The number of hydrogen-bond donors (Lipinski definition) is 1. The molecule has 0 aliphatic carbocycles. The lowest BCUT2D eigenvalue weighted by Gasteiger charge is -2.09. The molecule has 0 fully saturated rings. The van der Waals surface area contributed by atoms with Gasteiger partial charge in [-0.25, -0.2) is 8.42 Å². The van der Waals surface area contributed by atoms with Gasteiger partial charge in [0.1, 0.15) is 5.69 Å². The lowest BCUT2D eigenvalue weighted by atomic mass is 10.3.